The second kappa shape index (κ2) is 7.04. The number of carbonyl (C=O) groups excluding carboxylic acids is 1. The zero-order valence-electron chi connectivity index (χ0n) is 11.5. The van der Waals surface area contributed by atoms with Crippen molar-refractivity contribution in [1.29, 1.82) is 0 Å². The summed E-state index contributed by atoms with van der Waals surface area (Å²) in [6.45, 7) is 1.57. The Balaban J connectivity index is 1.92. The van der Waals surface area contributed by atoms with Crippen LogP contribution in [0.5, 0.6) is 5.75 Å². The first-order valence-corrected chi connectivity index (χ1v) is 6.34. The number of nitrogens with zero attached hydrogens (tertiary/aromatic N) is 2. The van der Waals surface area contributed by atoms with Crippen LogP contribution in [0.15, 0.2) is 59.9 Å². The van der Waals surface area contributed by atoms with Crippen LogP contribution in [0.4, 0.5) is 0 Å². The lowest BCUT2D eigenvalue weighted by atomic mass is 10.3. The van der Waals surface area contributed by atoms with E-state index in [0.717, 1.165) is 0 Å². The summed E-state index contributed by atoms with van der Waals surface area (Å²) in [6, 6.07) is 14.1. The van der Waals surface area contributed by atoms with Crippen LogP contribution in [0.2, 0.25) is 0 Å². The van der Waals surface area contributed by atoms with Gasteiger partial charge < -0.3 is 15.3 Å². The molecule has 2 rings (SSSR count). The standard InChI is InChI=1S/C15H15N3O3/c1-11(20-12-7-3-2-4-8-12)15(19)21-18-14(16)13-9-5-6-10-17-13/h2-11H,1H3,(H2,16,18). The molecule has 0 spiro atoms. The first-order valence-electron chi connectivity index (χ1n) is 6.34. The van der Waals surface area contributed by atoms with Gasteiger partial charge in [0, 0.05) is 6.20 Å². The fourth-order valence-corrected chi connectivity index (χ4v) is 1.48. The molecule has 0 bridgehead atoms. The molecular formula is C15H15N3O3. The van der Waals surface area contributed by atoms with Crippen molar-refractivity contribution in [2.45, 2.75) is 13.0 Å². The molecule has 1 aromatic heterocycles. The molecule has 2 N–H and O–H groups in total. The van der Waals surface area contributed by atoms with Gasteiger partial charge in [0.2, 0.25) is 0 Å². The van der Waals surface area contributed by atoms with Gasteiger partial charge in [-0.25, -0.2) is 4.79 Å². The number of rotatable bonds is 5. The highest BCUT2D eigenvalue weighted by atomic mass is 16.7. The molecule has 0 saturated heterocycles. The first kappa shape index (κ1) is 14.5. The van der Waals surface area contributed by atoms with Crippen molar-refractivity contribution in [3.05, 3.63) is 60.4 Å². The van der Waals surface area contributed by atoms with Crippen LogP contribution in [0.3, 0.4) is 0 Å². The number of nitrogens with two attached hydrogens (primary N) is 1. The SMILES string of the molecule is CC(Oc1ccccc1)C(=O)O/N=C(\N)c1ccccn1. The van der Waals surface area contributed by atoms with Crippen LogP contribution in [0.25, 0.3) is 0 Å². The van der Waals surface area contributed by atoms with E-state index in [4.69, 9.17) is 15.3 Å². The monoisotopic (exact) mass is 285 g/mol. The Labute approximate surface area is 122 Å². The number of para-hydroxylation sites is 1. The van der Waals surface area contributed by atoms with Crippen LogP contribution in [-0.2, 0) is 9.63 Å². The maximum atomic E-state index is 11.8. The van der Waals surface area contributed by atoms with Gasteiger partial charge in [-0.05, 0) is 31.2 Å². The molecule has 21 heavy (non-hydrogen) atoms. The number of pyridine rings is 1. The number of ether oxygens (including phenoxy) is 1. The molecule has 0 radical (unpaired) electrons. The van der Waals surface area contributed by atoms with Gasteiger partial charge in [-0.1, -0.05) is 29.4 Å². The smallest absolute Gasteiger partial charge is 0.374 e. The lowest BCUT2D eigenvalue weighted by Gasteiger charge is -2.11. The predicted octanol–water partition coefficient (Wildman–Crippen LogP) is 1.71. The average molecular weight is 285 g/mol. The largest absolute Gasteiger partial charge is 0.479 e. The van der Waals surface area contributed by atoms with Crippen molar-refractivity contribution in [2.75, 3.05) is 0 Å². The Morgan fingerprint density at radius 2 is 1.90 bits per heavy atom. The van der Waals surface area contributed by atoms with Crippen molar-refractivity contribution in [3.8, 4) is 5.75 Å². The summed E-state index contributed by atoms with van der Waals surface area (Å²) in [7, 11) is 0. The van der Waals surface area contributed by atoms with Gasteiger partial charge in [0.15, 0.2) is 11.9 Å². The van der Waals surface area contributed by atoms with Crippen molar-refractivity contribution in [1.82, 2.24) is 4.98 Å². The van der Waals surface area contributed by atoms with E-state index in [2.05, 4.69) is 10.1 Å². The Hall–Kier alpha value is -2.89. The summed E-state index contributed by atoms with van der Waals surface area (Å²) < 4.78 is 5.41. The second-order valence-electron chi connectivity index (χ2n) is 4.17. The molecule has 0 saturated carbocycles. The highest BCUT2D eigenvalue weighted by Crippen LogP contribution is 2.11. The molecule has 2 aromatic rings. The van der Waals surface area contributed by atoms with Crippen LogP contribution < -0.4 is 10.5 Å². The molecule has 0 amide bonds. The normalized spacial score (nSPS) is 12.5. The maximum Gasteiger partial charge on any atom is 0.374 e. The molecule has 6 heteroatoms. The van der Waals surface area contributed by atoms with Gasteiger partial charge in [-0.15, -0.1) is 0 Å². The zero-order chi connectivity index (χ0) is 15.1. The molecule has 0 aliphatic heterocycles. The first-order chi connectivity index (χ1) is 10.2. The number of oxime groups is 1. The second-order valence-corrected chi connectivity index (χ2v) is 4.17. The predicted molar refractivity (Wildman–Crippen MR) is 77.6 cm³/mol. The van der Waals surface area contributed by atoms with E-state index >= 15 is 0 Å². The molecule has 1 atom stereocenters. The average Bonchev–Trinajstić information content (AvgIpc) is 2.54. The minimum atomic E-state index is -0.798. The molecule has 1 heterocycles. The summed E-state index contributed by atoms with van der Waals surface area (Å²) in [5.74, 6) is -0.0442. The summed E-state index contributed by atoms with van der Waals surface area (Å²) in [5.41, 5.74) is 6.10. The Morgan fingerprint density at radius 1 is 1.19 bits per heavy atom. The van der Waals surface area contributed by atoms with Crippen molar-refractivity contribution in [2.24, 2.45) is 10.9 Å². The fourth-order valence-electron chi connectivity index (χ4n) is 1.48. The minimum Gasteiger partial charge on any atom is -0.479 e. The van der Waals surface area contributed by atoms with E-state index < -0.39 is 12.1 Å². The molecule has 6 nitrogen and oxygen atoms in total. The van der Waals surface area contributed by atoms with Gasteiger partial charge in [0.25, 0.3) is 0 Å². The van der Waals surface area contributed by atoms with Crippen molar-refractivity contribution >= 4 is 11.8 Å². The topological polar surface area (TPSA) is 86.8 Å². The summed E-state index contributed by atoms with van der Waals surface area (Å²) >= 11 is 0. The van der Waals surface area contributed by atoms with Crippen LogP contribution in [-0.4, -0.2) is 22.9 Å². The third-order valence-corrected chi connectivity index (χ3v) is 2.55. The van der Waals surface area contributed by atoms with E-state index in [1.54, 1.807) is 43.5 Å². The molecule has 0 aliphatic rings. The number of amidine groups is 1. The van der Waals surface area contributed by atoms with E-state index in [0.29, 0.717) is 11.4 Å². The molecule has 1 unspecified atom stereocenters. The Morgan fingerprint density at radius 3 is 2.57 bits per heavy atom. The number of benzene rings is 1. The molecule has 0 fully saturated rings. The zero-order valence-corrected chi connectivity index (χ0v) is 11.5. The number of hydrogen-bond acceptors (Lipinski definition) is 5. The Bertz CT molecular complexity index is 615. The van der Waals surface area contributed by atoms with E-state index in [9.17, 15) is 4.79 Å². The highest BCUT2D eigenvalue weighted by Gasteiger charge is 2.17. The van der Waals surface area contributed by atoms with E-state index in [1.165, 1.54) is 0 Å². The van der Waals surface area contributed by atoms with Gasteiger partial charge in [-0.2, -0.15) is 0 Å². The van der Waals surface area contributed by atoms with Crippen molar-refractivity contribution in [3.63, 3.8) is 0 Å². The number of carbonyl (C=O) groups is 1. The quantitative estimate of drug-likeness (QED) is 0.391. The van der Waals surface area contributed by atoms with Crippen molar-refractivity contribution < 1.29 is 14.4 Å². The van der Waals surface area contributed by atoms with E-state index in [-0.39, 0.29) is 5.84 Å². The molecule has 1 aromatic carbocycles. The lowest BCUT2D eigenvalue weighted by Crippen LogP contribution is -2.26. The number of aromatic nitrogens is 1. The third kappa shape index (κ3) is 4.31. The summed E-state index contributed by atoms with van der Waals surface area (Å²) in [5, 5.41) is 3.56. The number of hydrogen-bond donors (Lipinski definition) is 1. The molecular weight excluding hydrogens is 270 g/mol. The van der Waals surface area contributed by atoms with Gasteiger partial charge in [0.05, 0.1) is 0 Å². The minimum absolute atomic E-state index is 0.0239. The Kier molecular flexibility index (Phi) is 4.87. The van der Waals surface area contributed by atoms with Gasteiger partial charge in [-0.3, -0.25) is 4.98 Å². The van der Waals surface area contributed by atoms with Crippen LogP contribution in [0.1, 0.15) is 12.6 Å². The third-order valence-electron chi connectivity index (χ3n) is 2.55. The molecule has 108 valence electrons. The van der Waals surface area contributed by atoms with Crippen LogP contribution in [0, 0.1) is 0 Å². The highest BCUT2D eigenvalue weighted by molar-refractivity contribution is 5.95. The molecule has 0 aliphatic carbocycles. The summed E-state index contributed by atoms with van der Waals surface area (Å²) in [6.07, 6.45) is 0.772. The maximum absolute atomic E-state index is 11.8. The summed E-state index contributed by atoms with van der Waals surface area (Å²) in [4.78, 5) is 20.5. The van der Waals surface area contributed by atoms with E-state index in [1.807, 2.05) is 18.2 Å². The van der Waals surface area contributed by atoms with Gasteiger partial charge in [0.1, 0.15) is 11.4 Å². The lowest BCUT2D eigenvalue weighted by molar-refractivity contribution is -0.151. The van der Waals surface area contributed by atoms with Gasteiger partial charge >= 0.3 is 5.97 Å². The fraction of sp³-hybridized carbons (Fsp3) is 0.133. The van der Waals surface area contributed by atoms with Crippen LogP contribution >= 0.6 is 0 Å².